The maximum atomic E-state index is 12.8. The quantitative estimate of drug-likeness (QED) is 0.866. The summed E-state index contributed by atoms with van der Waals surface area (Å²) in [5, 5.41) is 5.99. The molecular weight excluding hydrogens is 306 g/mol. The molecule has 0 saturated heterocycles. The van der Waals surface area contributed by atoms with Gasteiger partial charge in [0.15, 0.2) is 11.3 Å². The summed E-state index contributed by atoms with van der Waals surface area (Å²) in [5.41, 5.74) is -0.0575. The number of amides is 2. The third-order valence-corrected chi connectivity index (χ3v) is 5.02. The van der Waals surface area contributed by atoms with Crippen LogP contribution in [0.2, 0.25) is 0 Å². The van der Waals surface area contributed by atoms with E-state index in [-0.39, 0.29) is 17.5 Å². The lowest BCUT2D eigenvalue weighted by atomic mass is 9.95. The second kappa shape index (κ2) is 5.89. The van der Waals surface area contributed by atoms with Gasteiger partial charge in [-0.1, -0.05) is 12.8 Å². The first-order valence-electron chi connectivity index (χ1n) is 8.56. The van der Waals surface area contributed by atoms with Crippen molar-refractivity contribution >= 4 is 17.5 Å². The van der Waals surface area contributed by atoms with Crippen LogP contribution in [0.3, 0.4) is 0 Å². The van der Waals surface area contributed by atoms with Crippen LogP contribution < -0.4 is 10.6 Å². The first kappa shape index (κ1) is 15.1. The van der Waals surface area contributed by atoms with Crippen molar-refractivity contribution in [3.8, 4) is 0 Å². The van der Waals surface area contributed by atoms with Crippen molar-refractivity contribution in [2.45, 2.75) is 44.1 Å². The van der Waals surface area contributed by atoms with E-state index in [9.17, 15) is 9.59 Å². The van der Waals surface area contributed by atoms with E-state index in [4.69, 9.17) is 0 Å². The molecule has 2 saturated carbocycles. The van der Waals surface area contributed by atoms with Crippen molar-refractivity contribution in [1.29, 1.82) is 0 Å². The molecule has 2 aromatic heterocycles. The van der Waals surface area contributed by atoms with E-state index >= 15 is 0 Å². The Kier molecular flexibility index (Phi) is 3.70. The number of nitrogens with zero attached hydrogens (tertiary/aromatic N) is 3. The lowest BCUT2D eigenvalue weighted by Gasteiger charge is -2.29. The lowest BCUT2D eigenvalue weighted by Crippen LogP contribution is -2.57. The van der Waals surface area contributed by atoms with Gasteiger partial charge in [0.1, 0.15) is 5.54 Å². The van der Waals surface area contributed by atoms with Gasteiger partial charge in [-0.05, 0) is 31.6 Å². The van der Waals surface area contributed by atoms with Crippen LogP contribution in [0.1, 0.15) is 49.0 Å². The number of rotatable bonds is 5. The van der Waals surface area contributed by atoms with E-state index in [1.165, 1.54) is 12.8 Å². The number of fused-ring (bicyclic) bond motifs is 1. The van der Waals surface area contributed by atoms with Crippen molar-refractivity contribution < 1.29 is 9.59 Å². The summed E-state index contributed by atoms with van der Waals surface area (Å²) in [4.78, 5) is 33.8. The summed E-state index contributed by atoms with van der Waals surface area (Å²) in [6.45, 7) is 0.713. The average molecular weight is 327 g/mol. The molecule has 4 rings (SSSR count). The second-order valence-corrected chi connectivity index (χ2v) is 6.83. The zero-order chi connectivity index (χ0) is 16.6. The number of aromatic nitrogens is 3. The summed E-state index contributed by atoms with van der Waals surface area (Å²) < 4.78 is 1.75. The molecule has 0 aliphatic heterocycles. The third-order valence-electron chi connectivity index (χ3n) is 5.02. The van der Waals surface area contributed by atoms with Crippen LogP contribution in [0.25, 0.3) is 5.65 Å². The van der Waals surface area contributed by atoms with Crippen molar-refractivity contribution in [1.82, 2.24) is 25.0 Å². The summed E-state index contributed by atoms with van der Waals surface area (Å²) in [6.07, 6.45) is 12.3. The van der Waals surface area contributed by atoms with Gasteiger partial charge in [0.05, 0.1) is 0 Å². The predicted octanol–water partition coefficient (Wildman–Crippen LogP) is 1.30. The Morgan fingerprint density at radius 3 is 2.58 bits per heavy atom. The van der Waals surface area contributed by atoms with Gasteiger partial charge in [0.25, 0.3) is 5.91 Å². The average Bonchev–Trinajstić information content (AvgIpc) is 3.08. The summed E-state index contributed by atoms with van der Waals surface area (Å²) >= 11 is 0. The molecule has 2 N–H and O–H groups in total. The molecule has 0 radical (unpaired) electrons. The Morgan fingerprint density at radius 1 is 1.17 bits per heavy atom. The fourth-order valence-electron chi connectivity index (χ4n) is 3.41. The normalized spacial score (nSPS) is 19.3. The molecule has 0 atom stereocenters. The monoisotopic (exact) mass is 327 g/mol. The summed E-state index contributed by atoms with van der Waals surface area (Å²) in [6, 6.07) is 0. The van der Waals surface area contributed by atoms with Crippen LogP contribution in [0, 0.1) is 5.92 Å². The second-order valence-electron chi connectivity index (χ2n) is 6.83. The maximum Gasteiger partial charge on any atom is 0.274 e. The largest absolute Gasteiger partial charge is 0.354 e. The van der Waals surface area contributed by atoms with Crippen LogP contribution in [0.5, 0.6) is 0 Å². The number of hydrogen-bond donors (Lipinski definition) is 2. The minimum absolute atomic E-state index is 0.0597. The van der Waals surface area contributed by atoms with Crippen molar-refractivity contribution in [3.05, 3.63) is 30.5 Å². The third kappa shape index (κ3) is 2.74. The molecule has 2 aromatic rings. The number of carbonyl (C=O) groups is 2. The minimum atomic E-state index is -0.812. The number of hydrogen-bond acceptors (Lipinski definition) is 4. The zero-order valence-electron chi connectivity index (χ0n) is 13.5. The summed E-state index contributed by atoms with van der Waals surface area (Å²) in [7, 11) is 0. The topological polar surface area (TPSA) is 88.4 Å². The van der Waals surface area contributed by atoms with Gasteiger partial charge in [-0.3, -0.25) is 9.59 Å². The van der Waals surface area contributed by atoms with Crippen LogP contribution in [-0.2, 0) is 4.79 Å². The maximum absolute atomic E-state index is 12.8. The molecule has 0 aromatic carbocycles. The van der Waals surface area contributed by atoms with Gasteiger partial charge in [-0.2, -0.15) is 0 Å². The molecule has 0 unspecified atom stereocenters. The van der Waals surface area contributed by atoms with Crippen LogP contribution >= 0.6 is 0 Å². The SMILES string of the molecule is O=C(NC1(C(=O)NCC2CC2)CCCC1)c1nccn2ccnc12. The van der Waals surface area contributed by atoms with E-state index in [1.807, 2.05) is 0 Å². The number of nitrogens with one attached hydrogen (secondary N) is 2. The molecule has 2 amide bonds. The fourth-order valence-corrected chi connectivity index (χ4v) is 3.41. The van der Waals surface area contributed by atoms with Crippen molar-refractivity contribution in [2.75, 3.05) is 6.54 Å². The van der Waals surface area contributed by atoms with E-state index in [1.54, 1.807) is 29.2 Å². The Balaban J connectivity index is 1.54. The zero-order valence-corrected chi connectivity index (χ0v) is 13.5. The Morgan fingerprint density at radius 2 is 1.88 bits per heavy atom. The van der Waals surface area contributed by atoms with E-state index < -0.39 is 5.54 Å². The van der Waals surface area contributed by atoms with E-state index in [0.717, 1.165) is 12.8 Å². The molecule has 126 valence electrons. The molecule has 2 heterocycles. The molecule has 7 heteroatoms. The Hall–Kier alpha value is -2.44. The molecule has 2 fully saturated rings. The molecule has 0 bridgehead atoms. The highest BCUT2D eigenvalue weighted by molar-refractivity contribution is 6.01. The van der Waals surface area contributed by atoms with Gasteiger partial charge in [-0.15, -0.1) is 0 Å². The molecule has 24 heavy (non-hydrogen) atoms. The van der Waals surface area contributed by atoms with Gasteiger partial charge in [-0.25, -0.2) is 9.97 Å². The number of imidazole rings is 1. The standard InChI is InChI=1S/C17H21N5O2/c23-15(13-14-19-8-10-22(14)9-7-18-13)21-17(5-1-2-6-17)16(24)20-11-12-3-4-12/h7-10,12H,1-6,11H2,(H,20,24)(H,21,23). The Labute approximate surface area is 139 Å². The van der Waals surface area contributed by atoms with Crippen LogP contribution in [-0.4, -0.2) is 38.3 Å². The predicted molar refractivity (Wildman–Crippen MR) is 87.4 cm³/mol. The smallest absolute Gasteiger partial charge is 0.274 e. The highest BCUT2D eigenvalue weighted by Gasteiger charge is 2.43. The van der Waals surface area contributed by atoms with Crippen molar-refractivity contribution in [3.63, 3.8) is 0 Å². The number of carbonyl (C=O) groups excluding carboxylic acids is 2. The van der Waals surface area contributed by atoms with Crippen LogP contribution in [0.15, 0.2) is 24.8 Å². The van der Waals surface area contributed by atoms with Gasteiger partial charge < -0.3 is 15.0 Å². The van der Waals surface area contributed by atoms with Gasteiger partial charge in [0, 0.05) is 31.3 Å². The summed E-state index contributed by atoms with van der Waals surface area (Å²) in [5.74, 6) is 0.217. The van der Waals surface area contributed by atoms with Gasteiger partial charge >= 0.3 is 0 Å². The molecule has 0 spiro atoms. The molecule has 2 aliphatic carbocycles. The molecular formula is C17H21N5O2. The van der Waals surface area contributed by atoms with Gasteiger partial charge in [0.2, 0.25) is 5.91 Å². The highest BCUT2D eigenvalue weighted by Crippen LogP contribution is 2.32. The highest BCUT2D eigenvalue weighted by atomic mass is 16.2. The first-order chi connectivity index (χ1) is 11.7. The van der Waals surface area contributed by atoms with E-state index in [0.29, 0.717) is 31.0 Å². The molecule has 7 nitrogen and oxygen atoms in total. The van der Waals surface area contributed by atoms with Crippen LogP contribution in [0.4, 0.5) is 0 Å². The molecule has 2 aliphatic rings. The minimum Gasteiger partial charge on any atom is -0.354 e. The van der Waals surface area contributed by atoms with Crippen molar-refractivity contribution in [2.24, 2.45) is 5.92 Å². The lowest BCUT2D eigenvalue weighted by molar-refractivity contribution is -0.127. The Bertz CT molecular complexity index is 774. The van der Waals surface area contributed by atoms with E-state index in [2.05, 4.69) is 20.6 Å². The fraction of sp³-hybridized carbons (Fsp3) is 0.529. The first-order valence-corrected chi connectivity index (χ1v) is 8.56.